The number of rotatable bonds is 7. The van der Waals surface area contributed by atoms with E-state index in [0.717, 1.165) is 5.69 Å². The standard InChI is InChI=1S/C34H28N12/c35-18-24-9-12-38-20-28(24)29-7-8-30-34(42-29)46(33(43-30)27-2-1-11-40-32(27)37)26-5-3-23(4-6-26)21-44-14-16-45(17-15-44)22-25-10-13-39-31(19-36)41-25/h1-13,20H,14-17,21-22H2,(H2,37,40)/i21D2. The number of piperazine rings is 1. The van der Waals surface area contributed by atoms with Crippen molar-refractivity contribution in [1.82, 2.24) is 44.3 Å². The molecule has 1 saturated heterocycles. The van der Waals surface area contributed by atoms with Gasteiger partial charge >= 0.3 is 0 Å². The molecule has 0 bridgehead atoms. The van der Waals surface area contributed by atoms with Crippen LogP contribution in [0.15, 0.2) is 85.5 Å². The summed E-state index contributed by atoms with van der Waals surface area (Å²) in [5.41, 5.74) is 11.7. The summed E-state index contributed by atoms with van der Waals surface area (Å²) in [5.74, 6) is 0.985. The number of pyridine rings is 3. The summed E-state index contributed by atoms with van der Waals surface area (Å²) in [7, 11) is 0. The smallest absolute Gasteiger partial charge is 0.232 e. The van der Waals surface area contributed by atoms with Crippen molar-refractivity contribution in [3.63, 3.8) is 0 Å². The van der Waals surface area contributed by atoms with Crippen molar-refractivity contribution < 1.29 is 2.74 Å². The normalized spacial score (nSPS) is 14.7. The lowest BCUT2D eigenvalue weighted by Gasteiger charge is -2.34. The van der Waals surface area contributed by atoms with Crippen LogP contribution in [0.1, 0.15) is 25.4 Å². The molecule has 1 aliphatic rings. The van der Waals surface area contributed by atoms with Crippen LogP contribution < -0.4 is 5.73 Å². The van der Waals surface area contributed by atoms with Crippen LogP contribution in [0.3, 0.4) is 0 Å². The van der Waals surface area contributed by atoms with Gasteiger partial charge in [-0.15, -0.1) is 0 Å². The first-order valence-electron chi connectivity index (χ1n) is 15.6. The first-order chi connectivity index (χ1) is 23.4. The Morgan fingerprint density at radius 3 is 2.41 bits per heavy atom. The molecule has 7 rings (SSSR count). The molecule has 224 valence electrons. The van der Waals surface area contributed by atoms with Crippen LogP contribution in [0.4, 0.5) is 5.82 Å². The van der Waals surface area contributed by atoms with Crippen molar-refractivity contribution in [2.75, 3.05) is 31.9 Å². The molecular weight excluding hydrogens is 576 g/mol. The van der Waals surface area contributed by atoms with Gasteiger partial charge in [-0.05, 0) is 54.1 Å². The monoisotopic (exact) mass is 606 g/mol. The largest absolute Gasteiger partial charge is 0.383 e. The number of nitriles is 2. The SMILES string of the molecule is [2H]C([2H])(c1ccc(-n2c(-c3cccnc3N)nc3ccc(-c4cnccc4C#N)nc32)cc1)N1CCN(Cc2ccnc(C#N)n2)CC1. The van der Waals surface area contributed by atoms with Crippen LogP contribution in [0, 0.1) is 22.7 Å². The third kappa shape index (κ3) is 5.74. The Balaban J connectivity index is 1.20. The molecule has 5 aromatic heterocycles. The quantitative estimate of drug-likeness (QED) is 0.280. The van der Waals surface area contributed by atoms with Crippen molar-refractivity contribution in [2.24, 2.45) is 0 Å². The summed E-state index contributed by atoms with van der Waals surface area (Å²) < 4.78 is 20.0. The molecule has 0 unspecified atom stereocenters. The number of nitrogens with zero attached hydrogens (tertiary/aromatic N) is 11. The maximum absolute atomic E-state index is 9.69. The van der Waals surface area contributed by atoms with Gasteiger partial charge in [0.25, 0.3) is 0 Å². The minimum absolute atomic E-state index is 0.142. The molecule has 1 aromatic carbocycles. The summed E-state index contributed by atoms with van der Waals surface area (Å²) in [6, 6.07) is 22.2. The van der Waals surface area contributed by atoms with E-state index in [2.05, 4.69) is 30.9 Å². The van der Waals surface area contributed by atoms with Crippen LogP contribution in [0.2, 0.25) is 0 Å². The number of hydrogen-bond donors (Lipinski definition) is 1. The first-order valence-corrected chi connectivity index (χ1v) is 14.6. The highest BCUT2D eigenvalue weighted by molar-refractivity contribution is 5.85. The van der Waals surface area contributed by atoms with Gasteiger partial charge in [0.15, 0.2) is 11.5 Å². The molecule has 0 saturated carbocycles. The molecule has 0 radical (unpaired) electrons. The topological polar surface area (TPSA) is 162 Å². The van der Waals surface area contributed by atoms with Gasteiger partial charge in [0.2, 0.25) is 5.82 Å². The number of nitrogen functional groups attached to an aromatic ring is 1. The minimum atomic E-state index is -1.72. The predicted molar refractivity (Wildman–Crippen MR) is 172 cm³/mol. The van der Waals surface area contributed by atoms with E-state index in [1.165, 1.54) is 0 Å². The zero-order valence-corrected chi connectivity index (χ0v) is 24.6. The molecule has 0 spiro atoms. The Bertz CT molecular complexity index is 2210. The number of nitrogens with two attached hydrogens (primary N) is 1. The average molecular weight is 607 g/mol. The summed E-state index contributed by atoms with van der Waals surface area (Å²) in [6.07, 6.45) is 6.39. The van der Waals surface area contributed by atoms with Crippen LogP contribution in [0.25, 0.3) is 39.5 Å². The molecule has 12 nitrogen and oxygen atoms in total. The van der Waals surface area contributed by atoms with Gasteiger partial charge in [-0.1, -0.05) is 12.1 Å². The molecule has 0 atom stereocenters. The Kier molecular flexibility index (Phi) is 7.15. The van der Waals surface area contributed by atoms with Crippen LogP contribution in [-0.4, -0.2) is 70.4 Å². The molecule has 2 N–H and O–H groups in total. The maximum Gasteiger partial charge on any atom is 0.232 e. The number of imidazole rings is 1. The van der Waals surface area contributed by atoms with Crippen molar-refractivity contribution in [3.8, 4) is 40.5 Å². The third-order valence-electron chi connectivity index (χ3n) is 7.79. The van der Waals surface area contributed by atoms with Gasteiger partial charge < -0.3 is 5.73 Å². The highest BCUT2D eigenvalue weighted by atomic mass is 15.3. The van der Waals surface area contributed by atoms with E-state index in [-0.39, 0.29) is 5.82 Å². The molecular formula is C34H28N12. The van der Waals surface area contributed by atoms with Crippen molar-refractivity contribution in [1.29, 1.82) is 10.5 Å². The summed E-state index contributed by atoms with van der Waals surface area (Å²) >= 11 is 0. The predicted octanol–water partition coefficient (Wildman–Crippen LogP) is 3.98. The Hall–Kier alpha value is -6.08. The Morgan fingerprint density at radius 1 is 0.804 bits per heavy atom. The van der Waals surface area contributed by atoms with Crippen LogP contribution in [-0.2, 0) is 13.0 Å². The fourth-order valence-electron chi connectivity index (χ4n) is 5.49. The van der Waals surface area contributed by atoms with E-state index in [9.17, 15) is 5.26 Å². The number of benzene rings is 1. The number of fused-ring (bicyclic) bond motifs is 1. The Labute approximate surface area is 267 Å². The average Bonchev–Trinajstić information content (AvgIpc) is 3.50. The number of hydrogen-bond acceptors (Lipinski definition) is 11. The highest BCUT2D eigenvalue weighted by Gasteiger charge is 2.21. The van der Waals surface area contributed by atoms with Crippen molar-refractivity contribution in [3.05, 3.63) is 108 Å². The molecule has 1 fully saturated rings. The first kappa shape index (κ1) is 26.3. The van der Waals surface area contributed by atoms with Gasteiger partial charge in [-0.25, -0.2) is 24.9 Å². The highest BCUT2D eigenvalue weighted by Crippen LogP contribution is 2.32. The zero-order chi connectivity index (χ0) is 33.3. The van der Waals surface area contributed by atoms with Gasteiger partial charge in [0.05, 0.1) is 28.6 Å². The fraction of sp³-hybridized carbons (Fsp3) is 0.176. The summed E-state index contributed by atoms with van der Waals surface area (Å²) in [6.45, 7) is 1.19. The van der Waals surface area contributed by atoms with E-state index >= 15 is 0 Å². The van der Waals surface area contributed by atoms with E-state index in [0.29, 0.717) is 89.2 Å². The summed E-state index contributed by atoms with van der Waals surface area (Å²) in [5, 5.41) is 18.8. The summed E-state index contributed by atoms with van der Waals surface area (Å²) in [4.78, 5) is 30.5. The van der Waals surface area contributed by atoms with E-state index in [1.54, 1.807) is 55.1 Å². The second kappa shape index (κ2) is 12.5. The van der Waals surface area contributed by atoms with E-state index in [1.807, 2.05) is 45.9 Å². The Morgan fingerprint density at radius 2 is 1.63 bits per heavy atom. The van der Waals surface area contributed by atoms with Crippen molar-refractivity contribution in [2.45, 2.75) is 13.0 Å². The van der Waals surface area contributed by atoms with Crippen molar-refractivity contribution >= 4 is 17.0 Å². The van der Waals surface area contributed by atoms with Crippen LogP contribution in [0.5, 0.6) is 0 Å². The minimum Gasteiger partial charge on any atom is -0.383 e. The zero-order valence-electron chi connectivity index (χ0n) is 26.6. The molecule has 6 heterocycles. The lowest BCUT2D eigenvalue weighted by Crippen LogP contribution is -2.45. The van der Waals surface area contributed by atoms with Gasteiger partial charge in [0.1, 0.15) is 17.4 Å². The molecule has 0 aliphatic carbocycles. The van der Waals surface area contributed by atoms with E-state index < -0.39 is 6.50 Å². The van der Waals surface area contributed by atoms with E-state index in [4.69, 9.17) is 23.7 Å². The molecule has 6 aromatic rings. The lowest BCUT2D eigenvalue weighted by atomic mass is 10.1. The second-order valence-electron chi connectivity index (χ2n) is 10.7. The fourth-order valence-corrected chi connectivity index (χ4v) is 5.49. The third-order valence-corrected chi connectivity index (χ3v) is 7.79. The molecule has 12 heteroatoms. The number of anilines is 1. The number of aromatic nitrogens is 7. The maximum atomic E-state index is 9.69. The second-order valence-corrected chi connectivity index (χ2v) is 10.7. The van der Waals surface area contributed by atoms with Gasteiger partial charge in [-0.2, -0.15) is 10.5 Å². The molecule has 46 heavy (non-hydrogen) atoms. The molecule has 0 amide bonds. The van der Waals surface area contributed by atoms with Gasteiger partial charge in [0, 0.05) is 78.0 Å². The van der Waals surface area contributed by atoms with Crippen LogP contribution >= 0.6 is 0 Å². The van der Waals surface area contributed by atoms with Gasteiger partial charge in [-0.3, -0.25) is 19.4 Å². The lowest BCUT2D eigenvalue weighted by molar-refractivity contribution is 0.121. The molecule has 1 aliphatic heterocycles.